The van der Waals surface area contributed by atoms with Crippen LogP contribution in [-0.2, 0) is 15.9 Å². The van der Waals surface area contributed by atoms with Gasteiger partial charge in [-0.2, -0.15) is 0 Å². The van der Waals surface area contributed by atoms with Gasteiger partial charge in [-0.15, -0.1) is 0 Å². The van der Waals surface area contributed by atoms with E-state index in [0.29, 0.717) is 29.4 Å². The van der Waals surface area contributed by atoms with Gasteiger partial charge in [0.2, 0.25) is 0 Å². The number of benzene rings is 3. The summed E-state index contributed by atoms with van der Waals surface area (Å²) in [6.45, 7) is 2.58. The summed E-state index contributed by atoms with van der Waals surface area (Å²) in [7, 11) is 3.28. The van der Waals surface area contributed by atoms with Crippen LogP contribution in [-0.4, -0.2) is 47.1 Å². The Morgan fingerprint density at radius 1 is 1.16 bits per heavy atom. The van der Waals surface area contributed by atoms with Gasteiger partial charge in [0.05, 0.1) is 29.8 Å². The standard InChI is InChI=1S/C26H30IN3O6S/c1-15-4-5-16(19(14-25(31)32)17-10-20(28)26(29-2)23(12-17)35-3)11-21(15)30-8-9-36-22-7-6-18(27)13-24(22)37(33)34/h4-7,10-13,19,29-30H,8-9,14,28H2,1-3H3,(H,31,32)(H,33,34)/p-1. The van der Waals surface area contributed by atoms with E-state index < -0.39 is 23.0 Å². The van der Waals surface area contributed by atoms with E-state index in [1.807, 2.05) is 47.7 Å². The van der Waals surface area contributed by atoms with E-state index in [4.69, 9.17) is 15.2 Å². The molecule has 3 aromatic carbocycles. The Hall–Kier alpha value is -3.03. The molecule has 0 fully saturated rings. The second-order valence-corrected chi connectivity index (χ2v) is 10.4. The highest BCUT2D eigenvalue weighted by Crippen LogP contribution is 2.38. The predicted octanol–water partition coefficient (Wildman–Crippen LogP) is 4.57. The number of hydrogen-bond donors (Lipinski definition) is 4. The fourth-order valence-electron chi connectivity index (χ4n) is 4.02. The van der Waals surface area contributed by atoms with E-state index in [1.54, 1.807) is 37.4 Å². The number of nitrogens with one attached hydrogen (secondary N) is 2. The van der Waals surface area contributed by atoms with Gasteiger partial charge in [-0.3, -0.25) is 9.00 Å². The van der Waals surface area contributed by atoms with Gasteiger partial charge < -0.3 is 35.5 Å². The number of carboxylic acid groups (broad SMARTS) is 1. The number of rotatable bonds is 12. The average molecular weight is 639 g/mol. The van der Waals surface area contributed by atoms with Crippen LogP contribution >= 0.6 is 22.6 Å². The molecule has 3 aromatic rings. The third-order valence-corrected chi connectivity index (χ3v) is 7.18. The molecule has 198 valence electrons. The van der Waals surface area contributed by atoms with Crippen molar-refractivity contribution in [3.63, 3.8) is 0 Å². The molecule has 0 aliphatic heterocycles. The number of carbonyl (C=O) groups is 1. The average Bonchev–Trinajstić information content (AvgIpc) is 2.86. The van der Waals surface area contributed by atoms with E-state index >= 15 is 0 Å². The number of hydrogen-bond acceptors (Lipinski definition) is 8. The molecule has 0 heterocycles. The second-order valence-electron chi connectivity index (χ2n) is 8.26. The number of ether oxygens (including phenoxy) is 2. The number of aliphatic carboxylic acids is 1. The number of carboxylic acids is 1. The van der Waals surface area contributed by atoms with Gasteiger partial charge in [0.1, 0.15) is 18.1 Å². The summed E-state index contributed by atoms with van der Waals surface area (Å²) < 4.78 is 35.0. The normalized spacial score (nSPS) is 12.5. The molecule has 0 saturated heterocycles. The second kappa shape index (κ2) is 13.0. The summed E-state index contributed by atoms with van der Waals surface area (Å²) in [5, 5.41) is 16.0. The van der Waals surface area contributed by atoms with Crippen LogP contribution in [0, 0.1) is 10.5 Å². The monoisotopic (exact) mass is 638 g/mol. The number of aryl methyl sites for hydroxylation is 1. The molecule has 5 N–H and O–H groups in total. The van der Waals surface area contributed by atoms with E-state index in [9.17, 15) is 18.7 Å². The Morgan fingerprint density at radius 3 is 2.57 bits per heavy atom. The molecule has 2 atom stereocenters. The Balaban J connectivity index is 1.82. The Labute approximate surface area is 232 Å². The predicted molar refractivity (Wildman–Crippen MR) is 153 cm³/mol. The van der Waals surface area contributed by atoms with Crippen molar-refractivity contribution in [3.8, 4) is 11.5 Å². The zero-order chi connectivity index (χ0) is 27.1. The minimum Gasteiger partial charge on any atom is -0.768 e. The van der Waals surface area contributed by atoms with Crippen molar-refractivity contribution in [2.24, 2.45) is 0 Å². The van der Waals surface area contributed by atoms with Crippen molar-refractivity contribution in [3.05, 3.63) is 68.8 Å². The molecular weight excluding hydrogens is 609 g/mol. The Kier molecular flexibility index (Phi) is 10.0. The first kappa shape index (κ1) is 28.5. The maximum absolute atomic E-state index is 11.8. The van der Waals surface area contributed by atoms with Crippen molar-refractivity contribution in [2.45, 2.75) is 24.2 Å². The minimum absolute atomic E-state index is 0.112. The fraction of sp³-hybridized carbons (Fsp3) is 0.269. The summed E-state index contributed by atoms with van der Waals surface area (Å²) >= 11 is -0.359. The lowest BCUT2D eigenvalue weighted by Crippen LogP contribution is -2.14. The number of anilines is 3. The summed E-state index contributed by atoms with van der Waals surface area (Å²) in [5.74, 6) is -0.574. The lowest BCUT2D eigenvalue weighted by molar-refractivity contribution is -0.137. The molecule has 0 aliphatic rings. The van der Waals surface area contributed by atoms with Gasteiger partial charge in [0, 0.05) is 28.8 Å². The first-order valence-corrected chi connectivity index (χ1v) is 13.5. The smallest absolute Gasteiger partial charge is 0.304 e. The molecular formula is C26H29IN3O6S-. The van der Waals surface area contributed by atoms with Gasteiger partial charge in [-0.25, -0.2) is 0 Å². The van der Waals surface area contributed by atoms with Crippen LogP contribution in [0.5, 0.6) is 11.5 Å². The fourth-order valence-corrected chi connectivity index (χ4v) is 5.23. The summed E-state index contributed by atoms with van der Waals surface area (Å²) in [6, 6.07) is 14.3. The van der Waals surface area contributed by atoms with E-state index in [2.05, 4.69) is 10.6 Å². The zero-order valence-electron chi connectivity index (χ0n) is 20.7. The molecule has 11 heteroatoms. The molecule has 2 unspecified atom stereocenters. The lowest BCUT2D eigenvalue weighted by atomic mass is 9.87. The topological polar surface area (TPSA) is 146 Å². The number of nitrogens with two attached hydrogens (primary N) is 1. The summed E-state index contributed by atoms with van der Waals surface area (Å²) in [6.07, 6.45) is -0.130. The van der Waals surface area contributed by atoms with Gasteiger partial charge in [0.15, 0.2) is 0 Å². The first-order valence-electron chi connectivity index (χ1n) is 11.4. The van der Waals surface area contributed by atoms with Crippen LogP contribution in [0.3, 0.4) is 0 Å². The molecule has 37 heavy (non-hydrogen) atoms. The van der Waals surface area contributed by atoms with E-state index in [0.717, 1.165) is 25.9 Å². The minimum atomic E-state index is -2.40. The largest absolute Gasteiger partial charge is 0.768 e. The van der Waals surface area contributed by atoms with Crippen molar-refractivity contribution < 1.29 is 28.1 Å². The van der Waals surface area contributed by atoms with Crippen LogP contribution in [0.15, 0.2) is 53.4 Å². The molecule has 9 nitrogen and oxygen atoms in total. The maximum atomic E-state index is 11.8. The van der Waals surface area contributed by atoms with Crippen LogP contribution in [0.2, 0.25) is 0 Å². The highest BCUT2D eigenvalue weighted by Gasteiger charge is 2.22. The number of methoxy groups -OCH3 is 1. The van der Waals surface area contributed by atoms with Crippen LogP contribution in [0.4, 0.5) is 17.1 Å². The maximum Gasteiger partial charge on any atom is 0.304 e. The van der Waals surface area contributed by atoms with Gasteiger partial charge in [-0.1, -0.05) is 12.1 Å². The third-order valence-electron chi connectivity index (χ3n) is 5.83. The molecule has 0 spiro atoms. The number of nitrogen functional groups attached to an aromatic ring is 1. The van der Waals surface area contributed by atoms with Gasteiger partial charge in [0.25, 0.3) is 0 Å². The van der Waals surface area contributed by atoms with Crippen LogP contribution < -0.4 is 25.8 Å². The summed E-state index contributed by atoms with van der Waals surface area (Å²) in [4.78, 5) is 11.9. The molecule has 0 saturated carbocycles. The van der Waals surface area contributed by atoms with Crippen molar-refractivity contribution in [2.75, 3.05) is 43.7 Å². The quantitative estimate of drug-likeness (QED) is 0.0971. The number of halogens is 1. The molecule has 3 rings (SSSR count). The molecule has 0 aromatic heterocycles. The Morgan fingerprint density at radius 2 is 1.92 bits per heavy atom. The zero-order valence-corrected chi connectivity index (χ0v) is 23.6. The lowest BCUT2D eigenvalue weighted by Gasteiger charge is -2.21. The highest BCUT2D eigenvalue weighted by molar-refractivity contribution is 14.1. The third kappa shape index (κ3) is 7.27. The Bertz CT molecular complexity index is 1300. The SMILES string of the molecule is CNc1c(N)cc(C(CC(=O)O)c2ccc(C)c(NCCOc3ccc(I)cc3S(=O)[O-])c2)cc1OC. The molecule has 0 amide bonds. The molecule has 0 aliphatic carbocycles. The van der Waals surface area contributed by atoms with Crippen LogP contribution in [0.1, 0.15) is 29.0 Å². The highest BCUT2D eigenvalue weighted by atomic mass is 127. The first-order chi connectivity index (χ1) is 17.6. The summed E-state index contributed by atoms with van der Waals surface area (Å²) in [5.41, 5.74) is 10.6. The van der Waals surface area contributed by atoms with Crippen LogP contribution in [0.25, 0.3) is 0 Å². The van der Waals surface area contributed by atoms with Crippen molar-refractivity contribution >= 4 is 56.7 Å². The van der Waals surface area contributed by atoms with Gasteiger partial charge >= 0.3 is 5.97 Å². The van der Waals surface area contributed by atoms with Crippen molar-refractivity contribution in [1.29, 1.82) is 0 Å². The van der Waals surface area contributed by atoms with Crippen molar-refractivity contribution in [1.82, 2.24) is 0 Å². The van der Waals surface area contributed by atoms with Gasteiger partial charge in [-0.05, 0) is 93.7 Å². The van der Waals surface area contributed by atoms with E-state index in [1.165, 1.54) is 7.11 Å². The molecule has 0 radical (unpaired) electrons. The molecule has 0 bridgehead atoms. The van der Waals surface area contributed by atoms with E-state index in [-0.39, 0.29) is 17.9 Å².